The zero-order valence-corrected chi connectivity index (χ0v) is 15.6. The van der Waals surface area contributed by atoms with Crippen molar-refractivity contribution in [2.45, 2.75) is 19.9 Å². The van der Waals surface area contributed by atoms with Gasteiger partial charge in [-0.05, 0) is 31.5 Å². The second-order valence-electron chi connectivity index (χ2n) is 6.28. The average Bonchev–Trinajstić information content (AvgIpc) is 2.86. The molecule has 7 heteroatoms. The molecule has 1 aliphatic heterocycles. The smallest absolute Gasteiger partial charge is 0.278 e. The highest BCUT2D eigenvalue weighted by Gasteiger charge is 2.42. The molecule has 26 heavy (non-hydrogen) atoms. The van der Waals surface area contributed by atoms with Crippen LogP contribution in [0.3, 0.4) is 0 Å². The quantitative estimate of drug-likeness (QED) is 0.627. The van der Waals surface area contributed by atoms with Crippen molar-refractivity contribution in [3.05, 3.63) is 41.3 Å². The third-order valence-electron chi connectivity index (χ3n) is 4.19. The number of ether oxygens (including phenoxy) is 2. The number of benzene rings is 1. The monoisotopic (exact) mass is 364 g/mol. The number of halogens is 1. The third kappa shape index (κ3) is 4.11. The van der Waals surface area contributed by atoms with Gasteiger partial charge >= 0.3 is 0 Å². The normalized spacial score (nSPS) is 14.8. The molecule has 1 heterocycles. The van der Waals surface area contributed by atoms with Crippen molar-refractivity contribution in [2.24, 2.45) is 0 Å². The molecule has 1 aromatic carbocycles. The van der Waals surface area contributed by atoms with Crippen molar-refractivity contribution in [3.8, 4) is 0 Å². The fraction of sp³-hybridized carbons (Fsp3) is 0.474. The highest BCUT2D eigenvalue weighted by atomic mass is 19.1. The number of rotatable bonds is 9. The van der Waals surface area contributed by atoms with Gasteiger partial charge in [-0.3, -0.25) is 14.5 Å². The fourth-order valence-corrected chi connectivity index (χ4v) is 2.91. The van der Waals surface area contributed by atoms with Crippen LogP contribution >= 0.6 is 0 Å². The Kier molecular flexibility index (Phi) is 6.88. The molecule has 0 radical (unpaired) electrons. The van der Waals surface area contributed by atoms with Gasteiger partial charge in [0, 0.05) is 33.4 Å². The Morgan fingerprint density at radius 3 is 2.00 bits per heavy atom. The maximum atomic E-state index is 13.3. The summed E-state index contributed by atoms with van der Waals surface area (Å²) in [6.45, 7) is 5.24. The van der Waals surface area contributed by atoms with E-state index in [-0.39, 0.29) is 23.4 Å². The first-order valence-corrected chi connectivity index (χ1v) is 8.53. The molecule has 1 aliphatic rings. The molecule has 142 valence electrons. The van der Waals surface area contributed by atoms with E-state index < -0.39 is 5.82 Å². The van der Waals surface area contributed by atoms with Crippen LogP contribution in [0.4, 0.5) is 4.39 Å². The van der Waals surface area contributed by atoms with Crippen molar-refractivity contribution in [1.82, 2.24) is 9.80 Å². The summed E-state index contributed by atoms with van der Waals surface area (Å²) in [4.78, 5) is 29.0. The minimum absolute atomic E-state index is 0.283. The summed E-state index contributed by atoms with van der Waals surface area (Å²) in [6.07, 6.45) is 0. The van der Waals surface area contributed by atoms with Crippen LogP contribution in [0.5, 0.6) is 0 Å². The number of hydrogen-bond donors (Lipinski definition) is 0. The summed E-state index contributed by atoms with van der Waals surface area (Å²) in [5.41, 5.74) is 1.11. The highest BCUT2D eigenvalue weighted by molar-refractivity contribution is 6.35. The number of carbonyl (C=O) groups is 2. The molecule has 1 aromatic rings. The molecule has 6 nitrogen and oxygen atoms in total. The van der Waals surface area contributed by atoms with Gasteiger partial charge in [0.1, 0.15) is 11.5 Å². The molecule has 0 unspecified atom stereocenters. The van der Waals surface area contributed by atoms with Gasteiger partial charge in [-0.1, -0.05) is 12.1 Å². The first kappa shape index (κ1) is 20.1. The van der Waals surface area contributed by atoms with Crippen LogP contribution in [0.25, 0.3) is 5.57 Å². The van der Waals surface area contributed by atoms with Gasteiger partial charge in [0.2, 0.25) is 0 Å². The molecule has 0 aromatic heterocycles. The number of hydrogen-bond acceptors (Lipinski definition) is 5. The van der Waals surface area contributed by atoms with E-state index >= 15 is 0 Å². The molecule has 0 bridgehead atoms. The standard InChI is InChI=1S/C19H25FN2O4/c1-13(2)22-18(23)16(14-5-7-15(20)8-6-14)17(19(22)24)21(9-11-25-3)10-12-26-4/h5-8,13H,9-12H2,1-4H3. The Morgan fingerprint density at radius 2 is 1.54 bits per heavy atom. The lowest BCUT2D eigenvalue weighted by atomic mass is 10.0. The SMILES string of the molecule is COCCN(CCOC)C1=C(c2ccc(F)cc2)C(=O)N(C(C)C)C1=O. The van der Waals surface area contributed by atoms with Crippen LogP contribution in [-0.2, 0) is 19.1 Å². The third-order valence-corrected chi connectivity index (χ3v) is 4.19. The number of nitrogens with zero attached hydrogens (tertiary/aromatic N) is 2. The highest BCUT2D eigenvalue weighted by Crippen LogP contribution is 2.32. The van der Waals surface area contributed by atoms with Crippen molar-refractivity contribution in [1.29, 1.82) is 0 Å². The van der Waals surface area contributed by atoms with Gasteiger partial charge < -0.3 is 14.4 Å². The van der Waals surface area contributed by atoms with Gasteiger partial charge in [-0.15, -0.1) is 0 Å². The van der Waals surface area contributed by atoms with Crippen LogP contribution in [-0.4, -0.2) is 68.2 Å². The lowest BCUT2D eigenvalue weighted by Gasteiger charge is -2.26. The molecule has 0 saturated heterocycles. The van der Waals surface area contributed by atoms with E-state index in [1.165, 1.54) is 29.2 Å². The van der Waals surface area contributed by atoms with Crippen LogP contribution in [0.1, 0.15) is 19.4 Å². The second-order valence-corrected chi connectivity index (χ2v) is 6.28. The Bertz CT molecular complexity index is 677. The van der Waals surface area contributed by atoms with Gasteiger partial charge in [0.25, 0.3) is 11.8 Å². The zero-order chi connectivity index (χ0) is 19.3. The average molecular weight is 364 g/mol. The second kappa shape index (κ2) is 8.91. The van der Waals surface area contributed by atoms with Gasteiger partial charge in [0.15, 0.2) is 0 Å². The van der Waals surface area contributed by atoms with Crippen LogP contribution in [0.15, 0.2) is 30.0 Å². The molecule has 0 fully saturated rings. The van der Waals surface area contributed by atoms with Crippen molar-refractivity contribution >= 4 is 17.4 Å². The number of imide groups is 1. The molecule has 2 amide bonds. The lowest BCUT2D eigenvalue weighted by Crippen LogP contribution is -2.40. The number of carbonyl (C=O) groups excluding carboxylic acids is 2. The van der Waals surface area contributed by atoms with Crippen LogP contribution < -0.4 is 0 Å². The topological polar surface area (TPSA) is 59.1 Å². The molecule has 0 saturated carbocycles. The zero-order valence-electron chi connectivity index (χ0n) is 15.6. The molecular weight excluding hydrogens is 339 g/mol. The van der Waals surface area contributed by atoms with Crippen molar-refractivity contribution in [3.63, 3.8) is 0 Å². The minimum atomic E-state index is -0.399. The Labute approximate surface area is 153 Å². The first-order valence-electron chi connectivity index (χ1n) is 8.53. The number of methoxy groups -OCH3 is 2. The van der Waals surface area contributed by atoms with Gasteiger partial charge in [-0.25, -0.2) is 4.39 Å². The van der Waals surface area contributed by atoms with E-state index in [2.05, 4.69) is 0 Å². The first-order chi connectivity index (χ1) is 12.4. The molecule has 0 spiro atoms. The Hall–Kier alpha value is -2.25. The predicted octanol–water partition coefficient (Wildman–Crippen LogP) is 1.91. The fourth-order valence-electron chi connectivity index (χ4n) is 2.91. The molecule has 0 atom stereocenters. The van der Waals surface area contributed by atoms with Crippen molar-refractivity contribution in [2.75, 3.05) is 40.5 Å². The summed E-state index contributed by atoms with van der Waals surface area (Å²) >= 11 is 0. The Morgan fingerprint density at radius 1 is 1.00 bits per heavy atom. The van der Waals surface area contributed by atoms with E-state index in [0.717, 1.165) is 0 Å². The maximum absolute atomic E-state index is 13.3. The molecule has 0 N–H and O–H groups in total. The van der Waals surface area contributed by atoms with Crippen LogP contribution in [0.2, 0.25) is 0 Å². The predicted molar refractivity (Wildman–Crippen MR) is 95.6 cm³/mol. The van der Waals surface area contributed by atoms with E-state index in [1.807, 2.05) is 0 Å². The molecule has 0 aliphatic carbocycles. The minimum Gasteiger partial charge on any atom is -0.383 e. The summed E-state index contributed by atoms with van der Waals surface area (Å²) in [6, 6.07) is 5.32. The van der Waals surface area contributed by atoms with E-state index in [0.29, 0.717) is 37.6 Å². The summed E-state index contributed by atoms with van der Waals surface area (Å²) in [5.74, 6) is -1.12. The van der Waals surface area contributed by atoms with Crippen molar-refractivity contribution < 1.29 is 23.5 Å². The van der Waals surface area contributed by atoms with Crippen LogP contribution in [0, 0.1) is 5.82 Å². The van der Waals surface area contributed by atoms with Gasteiger partial charge in [-0.2, -0.15) is 0 Å². The lowest BCUT2D eigenvalue weighted by molar-refractivity contribution is -0.139. The van der Waals surface area contributed by atoms with E-state index in [9.17, 15) is 14.0 Å². The van der Waals surface area contributed by atoms with E-state index in [4.69, 9.17) is 9.47 Å². The number of amides is 2. The van der Waals surface area contributed by atoms with E-state index in [1.54, 1.807) is 33.0 Å². The molecular formula is C19H25FN2O4. The summed E-state index contributed by atoms with van der Waals surface area (Å²) in [7, 11) is 3.15. The summed E-state index contributed by atoms with van der Waals surface area (Å²) < 4.78 is 23.6. The maximum Gasteiger partial charge on any atom is 0.278 e. The summed E-state index contributed by atoms with van der Waals surface area (Å²) in [5, 5.41) is 0. The molecule has 2 rings (SSSR count). The van der Waals surface area contributed by atoms with Gasteiger partial charge in [0.05, 0.1) is 18.8 Å². The Balaban J connectivity index is 2.55. The largest absolute Gasteiger partial charge is 0.383 e.